The van der Waals surface area contributed by atoms with Crippen LogP contribution in [0.25, 0.3) is 0 Å². The number of amides is 1. The molecule has 25 heavy (non-hydrogen) atoms. The van der Waals surface area contributed by atoms with Crippen LogP contribution in [0.2, 0.25) is 0 Å². The van der Waals surface area contributed by atoms with Crippen LogP contribution in [-0.4, -0.2) is 23.7 Å². The van der Waals surface area contributed by atoms with Crippen molar-refractivity contribution >= 4 is 5.91 Å². The number of hydrogen-bond acceptors (Lipinski definition) is 2. The van der Waals surface area contributed by atoms with Crippen LogP contribution in [0, 0.1) is 0 Å². The lowest BCUT2D eigenvalue weighted by Gasteiger charge is -2.31. The van der Waals surface area contributed by atoms with E-state index in [1.165, 1.54) is 24.3 Å². The number of carbonyl (C=O) groups is 1. The van der Waals surface area contributed by atoms with Crippen molar-refractivity contribution in [2.24, 2.45) is 0 Å². The molecule has 0 spiro atoms. The minimum absolute atomic E-state index is 0.0949. The molecule has 0 aliphatic carbocycles. The molecule has 0 fully saturated rings. The first-order valence-electron chi connectivity index (χ1n) is 7.98. The van der Waals surface area contributed by atoms with Crippen molar-refractivity contribution in [3.63, 3.8) is 0 Å². The zero-order chi connectivity index (χ0) is 18.3. The second-order valence-electron chi connectivity index (χ2n) is 5.84. The molecule has 134 valence electrons. The number of aryl methyl sites for hydroxylation is 1. The van der Waals surface area contributed by atoms with E-state index < -0.39 is 24.2 Å². The predicted molar refractivity (Wildman–Crippen MR) is 88.8 cm³/mol. The average molecular weight is 351 g/mol. The zero-order valence-electron chi connectivity index (χ0n) is 13.6. The number of benzene rings is 2. The summed E-state index contributed by atoms with van der Waals surface area (Å²) in [6.45, 7) is -0.912. The van der Waals surface area contributed by atoms with Gasteiger partial charge in [-0.15, -0.1) is 0 Å². The van der Waals surface area contributed by atoms with E-state index in [1.807, 2.05) is 30.3 Å². The summed E-state index contributed by atoms with van der Waals surface area (Å²) in [4.78, 5) is 11.8. The van der Waals surface area contributed by atoms with Crippen molar-refractivity contribution in [2.45, 2.75) is 31.0 Å². The number of alkyl halides is 3. The van der Waals surface area contributed by atoms with E-state index in [0.717, 1.165) is 5.56 Å². The Bertz CT molecular complexity index is 674. The topological polar surface area (TPSA) is 49.3 Å². The van der Waals surface area contributed by atoms with E-state index in [0.29, 0.717) is 12.8 Å². The summed E-state index contributed by atoms with van der Waals surface area (Å²) >= 11 is 0. The summed E-state index contributed by atoms with van der Waals surface area (Å²) in [5.74, 6) is -0.519. The number of aliphatic hydroxyl groups is 1. The molecule has 2 N–H and O–H groups in total. The van der Waals surface area contributed by atoms with Gasteiger partial charge in [0.15, 0.2) is 0 Å². The van der Waals surface area contributed by atoms with Crippen LogP contribution in [0.1, 0.15) is 24.0 Å². The van der Waals surface area contributed by atoms with Crippen molar-refractivity contribution in [1.29, 1.82) is 0 Å². The molecular weight excluding hydrogens is 331 g/mol. The van der Waals surface area contributed by atoms with Gasteiger partial charge in [0.1, 0.15) is 0 Å². The predicted octanol–water partition coefficient (Wildman–Crippen LogP) is 3.58. The summed E-state index contributed by atoms with van der Waals surface area (Å²) in [6.07, 6.45) is -3.62. The van der Waals surface area contributed by atoms with Gasteiger partial charge in [-0.3, -0.25) is 4.79 Å². The van der Waals surface area contributed by atoms with E-state index in [1.54, 1.807) is 6.07 Å². The molecule has 1 amide bonds. The maximum atomic E-state index is 13.3. The van der Waals surface area contributed by atoms with Crippen LogP contribution in [0.5, 0.6) is 0 Å². The zero-order valence-corrected chi connectivity index (χ0v) is 13.6. The van der Waals surface area contributed by atoms with Gasteiger partial charge in [-0.05, 0) is 24.0 Å². The van der Waals surface area contributed by atoms with Gasteiger partial charge >= 0.3 is 6.18 Å². The Morgan fingerprint density at radius 3 is 2.08 bits per heavy atom. The van der Waals surface area contributed by atoms with Crippen LogP contribution in [0.4, 0.5) is 13.2 Å². The highest BCUT2D eigenvalue weighted by Gasteiger charge is 2.55. The summed E-state index contributed by atoms with van der Waals surface area (Å²) in [5.41, 5.74) is -2.35. The number of hydrogen-bond donors (Lipinski definition) is 2. The summed E-state index contributed by atoms with van der Waals surface area (Å²) < 4.78 is 39.9. The third-order valence-corrected chi connectivity index (χ3v) is 3.97. The highest BCUT2D eigenvalue weighted by atomic mass is 19.4. The normalized spacial score (nSPS) is 13.9. The standard InChI is InChI=1S/C19H20F3NO2/c20-19(21,22)18(25,16-11-5-2-6-12-16)14-23-17(24)13-7-10-15-8-3-1-4-9-15/h1-6,8-9,11-12,25H,7,10,13-14H2,(H,23,24). The Morgan fingerprint density at radius 2 is 1.52 bits per heavy atom. The van der Waals surface area contributed by atoms with E-state index >= 15 is 0 Å². The van der Waals surface area contributed by atoms with Gasteiger partial charge in [-0.2, -0.15) is 13.2 Å². The molecule has 0 aliphatic rings. The third-order valence-electron chi connectivity index (χ3n) is 3.97. The fourth-order valence-electron chi connectivity index (χ4n) is 2.49. The van der Waals surface area contributed by atoms with Crippen molar-refractivity contribution in [3.8, 4) is 0 Å². The van der Waals surface area contributed by atoms with E-state index in [4.69, 9.17) is 0 Å². The Hall–Kier alpha value is -2.34. The fraction of sp³-hybridized carbons (Fsp3) is 0.316. The Morgan fingerprint density at radius 1 is 0.960 bits per heavy atom. The minimum atomic E-state index is -4.90. The van der Waals surface area contributed by atoms with Crippen LogP contribution < -0.4 is 5.32 Å². The minimum Gasteiger partial charge on any atom is -0.375 e. The molecule has 1 atom stereocenters. The molecule has 6 heteroatoms. The summed E-state index contributed by atoms with van der Waals surface area (Å²) in [7, 11) is 0. The lowest BCUT2D eigenvalue weighted by molar-refractivity contribution is -0.264. The van der Waals surface area contributed by atoms with Crippen LogP contribution in [-0.2, 0) is 16.8 Å². The number of nitrogens with one attached hydrogen (secondary N) is 1. The number of halogens is 3. The average Bonchev–Trinajstić information content (AvgIpc) is 2.60. The molecule has 3 nitrogen and oxygen atoms in total. The van der Waals surface area contributed by atoms with E-state index in [2.05, 4.69) is 5.32 Å². The van der Waals surface area contributed by atoms with Gasteiger partial charge in [0.2, 0.25) is 11.5 Å². The molecule has 2 aromatic carbocycles. The van der Waals surface area contributed by atoms with Gasteiger partial charge in [-0.25, -0.2) is 0 Å². The molecule has 0 saturated heterocycles. The monoisotopic (exact) mass is 351 g/mol. The lowest BCUT2D eigenvalue weighted by Crippen LogP contribution is -2.51. The molecule has 1 unspecified atom stereocenters. The fourth-order valence-corrected chi connectivity index (χ4v) is 2.49. The molecule has 2 aromatic rings. The lowest BCUT2D eigenvalue weighted by atomic mass is 9.93. The maximum absolute atomic E-state index is 13.3. The van der Waals surface area contributed by atoms with Crippen LogP contribution in [0.15, 0.2) is 60.7 Å². The van der Waals surface area contributed by atoms with Crippen molar-refractivity contribution < 1.29 is 23.1 Å². The number of carbonyl (C=O) groups excluding carboxylic acids is 1. The van der Waals surface area contributed by atoms with Crippen molar-refractivity contribution in [1.82, 2.24) is 5.32 Å². The largest absolute Gasteiger partial charge is 0.423 e. The quantitative estimate of drug-likeness (QED) is 0.801. The highest BCUT2D eigenvalue weighted by molar-refractivity contribution is 5.76. The highest BCUT2D eigenvalue weighted by Crippen LogP contribution is 2.38. The molecule has 0 heterocycles. The van der Waals surface area contributed by atoms with E-state index in [-0.39, 0.29) is 12.0 Å². The second-order valence-corrected chi connectivity index (χ2v) is 5.84. The van der Waals surface area contributed by atoms with Crippen LogP contribution in [0.3, 0.4) is 0 Å². The molecule has 0 saturated carbocycles. The second kappa shape index (κ2) is 8.16. The molecule has 2 rings (SSSR count). The Balaban J connectivity index is 1.91. The van der Waals surface area contributed by atoms with Gasteiger partial charge in [0.25, 0.3) is 0 Å². The smallest absolute Gasteiger partial charge is 0.375 e. The van der Waals surface area contributed by atoms with Crippen LogP contribution >= 0.6 is 0 Å². The molecule has 0 aromatic heterocycles. The first-order chi connectivity index (χ1) is 11.8. The number of rotatable bonds is 7. The Kier molecular flexibility index (Phi) is 6.20. The first-order valence-corrected chi connectivity index (χ1v) is 7.98. The third kappa shape index (κ3) is 5.06. The van der Waals surface area contributed by atoms with Gasteiger partial charge in [0, 0.05) is 6.42 Å². The van der Waals surface area contributed by atoms with Crippen molar-refractivity contribution in [2.75, 3.05) is 6.54 Å². The molecular formula is C19H20F3NO2. The summed E-state index contributed by atoms with van der Waals surface area (Å²) in [5, 5.41) is 12.3. The van der Waals surface area contributed by atoms with Gasteiger partial charge in [-0.1, -0.05) is 60.7 Å². The van der Waals surface area contributed by atoms with Gasteiger partial charge < -0.3 is 10.4 Å². The molecule has 0 bridgehead atoms. The molecule has 0 radical (unpaired) electrons. The maximum Gasteiger partial charge on any atom is 0.423 e. The first kappa shape index (κ1) is 19.0. The molecule has 0 aliphatic heterocycles. The Labute approximate surface area is 144 Å². The summed E-state index contributed by atoms with van der Waals surface area (Å²) in [6, 6.07) is 16.3. The van der Waals surface area contributed by atoms with E-state index in [9.17, 15) is 23.1 Å². The van der Waals surface area contributed by atoms with Gasteiger partial charge in [0.05, 0.1) is 6.54 Å². The van der Waals surface area contributed by atoms with Crippen molar-refractivity contribution in [3.05, 3.63) is 71.8 Å². The SMILES string of the molecule is O=C(CCCc1ccccc1)NCC(O)(c1ccccc1)C(F)(F)F.